The number of hydrazone groups is 1. The van der Waals surface area contributed by atoms with E-state index >= 15 is 0 Å². The van der Waals surface area contributed by atoms with E-state index in [-0.39, 0.29) is 0 Å². The van der Waals surface area contributed by atoms with Crippen molar-refractivity contribution in [1.82, 2.24) is 9.91 Å². The van der Waals surface area contributed by atoms with Crippen molar-refractivity contribution in [2.75, 3.05) is 13.1 Å². The molecular formula is C11H18Cl5N3. The summed E-state index contributed by atoms with van der Waals surface area (Å²) in [6.45, 7) is 7.64. The molecule has 0 saturated heterocycles. The molecule has 0 spiro atoms. The molecule has 0 saturated carbocycles. The topological polar surface area (TPSA) is 18.8 Å². The molecule has 1 unspecified atom stereocenters. The van der Waals surface area contributed by atoms with Gasteiger partial charge in [-0.15, -0.1) is 0 Å². The Labute approximate surface area is 139 Å². The number of rotatable bonds is 5. The van der Waals surface area contributed by atoms with Crippen LogP contribution in [0, 0.1) is 5.92 Å². The highest BCUT2D eigenvalue weighted by molar-refractivity contribution is 6.75. The maximum Gasteiger partial charge on any atom is 0.227 e. The molecule has 0 aromatic heterocycles. The fourth-order valence-electron chi connectivity index (χ4n) is 1.95. The maximum atomic E-state index is 6.33. The van der Waals surface area contributed by atoms with E-state index in [1.165, 1.54) is 0 Å². The van der Waals surface area contributed by atoms with E-state index in [4.69, 9.17) is 58.0 Å². The Morgan fingerprint density at radius 2 is 1.79 bits per heavy atom. The normalized spacial score (nSPS) is 20.8. The summed E-state index contributed by atoms with van der Waals surface area (Å²) in [5.41, 5.74) is 0. The highest BCUT2D eigenvalue weighted by Gasteiger charge is 2.57. The number of hydrogen-bond donors (Lipinski definition) is 0. The van der Waals surface area contributed by atoms with Crippen molar-refractivity contribution < 1.29 is 0 Å². The Morgan fingerprint density at radius 3 is 2.21 bits per heavy atom. The Hall–Kier alpha value is 0.720. The smallest absolute Gasteiger partial charge is 0.227 e. The van der Waals surface area contributed by atoms with Crippen LogP contribution in [-0.4, -0.2) is 43.6 Å². The van der Waals surface area contributed by atoms with Crippen molar-refractivity contribution in [3.8, 4) is 0 Å². The van der Waals surface area contributed by atoms with Gasteiger partial charge in [-0.25, -0.2) is 0 Å². The van der Waals surface area contributed by atoms with Gasteiger partial charge in [0.2, 0.25) is 8.13 Å². The fraction of sp³-hybridized carbons (Fsp3) is 0.909. The van der Waals surface area contributed by atoms with Gasteiger partial charge in [-0.1, -0.05) is 78.8 Å². The van der Waals surface area contributed by atoms with E-state index < -0.39 is 14.3 Å². The maximum absolute atomic E-state index is 6.33. The second kappa shape index (κ2) is 6.65. The quantitative estimate of drug-likeness (QED) is 0.665. The molecule has 112 valence electrons. The number of hydrogen-bond acceptors (Lipinski definition) is 3. The van der Waals surface area contributed by atoms with Gasteiger partial charge in [0.25, 0.3) is 0 Å². The number of nitrogens with zero attached hydrogens (tertiary/aromatic N) is 3. The minimum Gasteiger partial charge on any atom is -0.337 e. The molecular weight excluding hydrogens is 351 g/mol. The summed E-state index contributed by atoms with van der Waals surface area (Å²) in [7, 11) is 0. The molecule has 1 aliphatic heterocycles. The highest BCUT2D eigenvalue weighted by atomic mass is 35.6. The minimum absolute atomic E-state index is 0.412. The van der Waals surface area contributed by atoms with Crippen molar-refractivity contribution in [2.24, 2.45) is 11.0 Å². The van der Waals surface area contributed by atoms with Crippen LogP contribution in [0.15, 0.2) is 5.10 Å². The summed E-state index contributed by atoms with van der Waals surface area (Å²) in [5, 5.41) is 6.08. The molecule has 1 heterocycles. The molecule has 0 aliphatic carbocycles. The summed E-state index contributed by atoms with van der Waals surface area (Å²) >= 11 is 30.5. The van der Waals surface area contributed by atoms with Gasteiger partial charge in [0.05, 0.1) is 0 Å². The molecule has 19 heavy (non-hydrogen) atoms. The van der Waals surface area contributed by atoms with E-state index in [0.717, 1.165) is 13.0 Å². The Kier molecular flexibility index (Phi) is 6.22. The van der Waals surface area contributed by atoms with Crippen LogP contribution in [0.3, 0.4) is 0 Å². The fourth-order valence-corrected chi connectivity index (χ4v) is 2.72. The van der Waals surface area contributed by atoms with Gasteiger partial charge < -0.3 is 4.90 Å². The van der Waals surface area contributed by atoms with E-state index in [0.29, 0.717) is 12.5 Å². The Balaban J connectivity index is 3.00. The van der Waals surface area contributed by atoms with Crippen LogP contribution < -0.4 is 0 Å². The second-order valence-corrected chi connectivity index (χ2v) is 8.65. The van der Waals surface area contributed by atoms with Crippen molar-refractivity contribution in [3.05, 3.63) is 0 Å². The Morgan fingerprint density at radius 1 is 1.21 bits per heavy atom. The largest absolute Gasteiger partial charge is 0.337 e. The lowest BCUT2D eigenvalue weighted by Gasteiger charge is -2.42. The zero-order valence-electron chi connectivity index (χ0n) is 11.1. The molecule has 0 aromatic carbocycles. The minimum atomic E-state index is -1.81. The number of alkyl halides is 5. The predicted molar refractivity (Wildman–Crippen MR) is 85.5 cm³/mol. The first-order valence-electron chi connectivity index (χ1n) is 6.12. The lowest BCUT2D eigenvalue weighted by atomic mass is 10.2. The first kappa shape index (κ1) is 17.8. The summed E-state index contributed by atoms with van der Waals surface area (Å²) in [6, 6.07) is 0. The van der Waals surface area contributed by atoms with Gasteiger partial charge in [-0.2, -0.15) is 5.10 Å². The number of halogens is 5. The van der Waals surface area contributed by atoms with E-state index in [2.05, 4.69) is 18.9 Å². The lowest BCUT2D eigenvalue weighted by molar-refractivity contribution is 0.108. The summed E-state index contributed by atoms with van der Waals surface area (Å²) in [6.07, 6.45) is 2.11. The monoisotopic (exact) mass is 367 g/mol. The van der Waals surface area contributed by atoms with Gasteiger partial charge in [-0.05, 0) is 12.3 Å². The van der Waals surface area contributed by atoms with Gasteiger partial charge in [-0.3, -0.25) is 5.01 Å². The third-order valence-electron chi connectivity index (χ3n) is 2.68. The average Bonchev–Trinajstić information content (AvgIpc) is 2.59. The molecule has 0 bridgehead atoms. The average molecular weight is 370 g/mol. The SMILES string of the molecule is CCCN1N=CN(CC(C)C)C1C(Cl)(Cl)C(Cl)(Cl)Cl. The zero-order valence-corrected chi connectivity index (χ0v) is 14.9. The molecule has 3 nitrogen and oxygen atoms in total. The van der Waals surface area contributed by atoms with E-state index in [9.17, 15) is 0 Å². The van der Waals surface area contributed by atoms with Crippen molar-refractivity contribution in [2.45, 2.75) is 41.5 Å². The molecule has 1 aliphatic rings. The lowest BCUT2D eigenvalue weighted by Crippen LogP contribution is -2.57. The van der Waals surface area contributed by atoms with Crippen LogP contribution in [0.2, 0.25) is 0 Å². The third-order valence-corrected chi connectivity index (χ3v) is 5.11. The van der Waals surface area contributed by atoms with Gasteiger partial charge in [0.15, 0.2) is 6.17 Å². The van der Waals surface area contributed by atoms with Crippen LogP contribution in [0.5, 0.6) is 0 Å². The van der Waals surface area contributed by atoms with Crippen LogP contribution in [0.1, 0.15) is 27.2 Å². The molecule has 0 aromatic rings. The molecule has 8 heteroatoms. The molecule has 0 fully saturated rings. The molecule has 0 amide bonds. The van der Waals surface area contributed by atoms with Crippen LogP contribution in [0.4, 0.5) is 0 Å². The Bertz CT molecular complexity index is 327. The van der Waals surface area contributed by atoms with Gasteiger partial charge in [0.1, 0.15) is 6.34 Å². The third kappa shape index (κ3) is 4.10. The summed E-state index contributed by atoms with van der Waals surface area (Å²) in [5.74, 6) is 0.412. The van der Waals surface area contributed by atoms with E-state index in [1.807, 2.05) is 11.8 Å². The van der Waals surface area contributed by atoms with E-state index in [1.54, 1.807) is 11.3 Å². The molecule has 1 atom stereocenters. The van der Waals surface area contributed by atoms with Crippen molar-refractivity contribution in [1.29, 1.82) is 0 Å². The van der Waals surface area contributed by atoms with Crippen LogP contribution in [0.25, 0.3) is 0 Å². The summed E-state index contributed by atoms with van der Waals surface area (Å²) in [4.78, 5) is 1.92. The van der Waals surface area contributed by atoms with Crippen molar-refractivity contribution >= 4 is 64.3 Å². The van der Waals surface area contributed by atoms with Crippen LogP contribution >= 0.6 is 58.0 Å². The van der Waals surface area contributed by atoms with Gasteiger partial charge >= 0.3 is 0 Å². The standard InChI is InChI=1S/C11H18Cl5N3/c1-4-5-19-9(10(12,13)11(14,15)16)18(7-17-19)6-8(2)3/h7-9H,4-6H2,1-3H3. The predicted octanol–water partition coefficient (Wildman–Crippen LogP) is 4.48. The molecule has 0 radical (unpaired) electrons. The van der Waals surface area contributed by atoms with Crippen molar-refractivity contribution in [3.63, 3.8) is 0 Å². The second-order valence-electron chi connectivity index (χ2n) is 4.98. The van der Waals surface area contributed by atoms with Crippen LogP contribution in [-0.2, 0) is 0 Å². The zero-order chi connectivity index (χ0) is 14.8. The summed E-state index contributed by atoms with van der Waals surface area (Å²) < 4.78 is -3.39. The first-order chi connectivity index (χ1) is 8.61. The molecule has 0 N–H and O–H groups in total. The first-order valence-corrected chi connectivity index (χ1v) is 8.01. The highest BCUT2D eigenvalue weighted by Crippen LogP contribution is 2.50. The van der Waals surface area contributed by atoms with Gasteiger partial charge in [0, 0.05) is 13.1 Å². The molecule has 1 rings (SSSR count).